The van der Waals surface area contributed by atoms with Gasteiger partial charge in [0.1, 0.15) is 0 Å². The van der Waals surface area contributed by atoms with Crippen molar-refractivity contribution in [3.05, 3.63) is 64.2 Å². The summed E-state index contributed by atoms with van der Waals surface area (Å²) in [5, 5.41) is 0.745. The maximum absolute atomic E-state index is 6.64. The minimum Gasteiger partial charge on any atom is -0.362 e. The van der Waals surface area contributed by atoms with Crippen LogP contribution in [0, 0.1) is 0 Å². The Morgan fingerprint density at radius 2 is 1.81 bits per heavy atom. The van der Waals surface area contributed by atoms with Crippen LogP contribution in [0.5, 0.6) is 0 Å². The summed E-state index contributed by atoms with van der Waals surface area (Å²) in [4.78, 5) is 7.08. The third kappa shape index (κ3) is 4.11. The average molecular weight is 381 g/mol. The third-order valence-electron chi connectivity index (χ3n) is 5.24. The molecular formula is C24H29ClN2. The normalized spacial score (nSPS) is 15.8. The summed E-state index contributed by atoms with van der Waals surface area (Å²) in [5.74, 6) is 0. The van der Waals surface area contributed by atoms with Crippen molar-refractivity contribution < 1.29 is 0 Å². The first kappa shape index (κ1) is 19.7. The van der Waals surface area contributed by atoms with E-state index in [1.807, 2.05) is 6.21 Å². The highest BCUT2D eigenvalue weighted by molar-refractivity contribution is 6.33. The molecule has 1 heterocycles. The Hall–Kier alpha value is -2.06. The lowest BCUT2D eigenvalue weighted by Gasteiger charge is -2.43. The first-order valence-corrected chi connectivity index (χ1v) is 10.2. The van der Waals surface area contributed by atoms with Crippen molar-refractivity contribution in [3.63, 3.8) is 0 Å². The lowest BCUT2D eigenvalue weighted by Crippen LogP contribution is -2.45. The third-order valence-corrected chi connectivity index (χ3v) is 5.57. The van der Waals surface area contributed by atoms with E-state index >= 15 is 0 Å². The highest BCUT2D eigenvalue weighted by atomic mass is 35.5. The molecule has 2 aromatic carbocycles. The molecule has 0 amide bonds. The second-order valence-corrected chi connectivity index (χ2v) is 8.21. The van der Waals surface area contributed by atoms with Crippen LogP contribution in [-0.4, -0.2) is 18.3 Å². The molecule has 1 aliphatic rings. The monoisotopic (exact) mass is 380 g/mol. The first-order valence-electron chi connectivity index (χ1n) is 9.79. The Morgan fingerprint density at radius 3 is 2.44 bits per heavy atom. The molecule has 0 saturated carbocycles. The number of fused-ring (bicyclic) bond motifs is 1. The summed E-state index contributed by atoms with van der Waals surface area (Å²) in [6.07, 6.45) is 6.37. The summed E-state index contributed by atoms with van der Waals surface area (Å²) in [6.45, 7) is 12.1. The Labute approximate surface area is 168 Å². The number of nitrogens with zero attached hydrogens (tertiary/aromatic N) is 2. The lowest BCUT2D eigenvalue weighted by atomic mass is 9.88. The van der Waals surface area contributed by atoms with Gasteiger partial charge in [-0.05, 0) is 69.0 Å². The average Bonchev–Trinajstić information content (AvgIpc) is 2.64. The van der Waals surface area contributed by atoms with Crippen LogP contribution < -0.4 is 4.90 Å². The fraction of sp³-hybridized carbons (Fsp3) is 0.375. The molecule has 27 heavy (non-hydrogen) atoms. The van der Waals surface area contributed by atoms with Crippen molar-refractivity contribution in [3.8, 4) is 0 Å². The molecule has 0 bridgehead atoms. The maximum atomic E-state index is 6.64. The van der Waals surface area contributed by atoms with Gasteiger partial charge < -0.3 is 4.90 Å². The summed E-state index contributed by atoms with van der Waals surface area (Å²) >= 11 is 6.64. The highest BCUT2D eigenvalue weighted by Gasteiger charge is 2.31. The van der Waals surface area contributed by atoms with Crippen molar-refractivity contribution in [1.82, 2.24) is 0 Å². The van der Waals surface area contributed by atoms with E-state index in [-0.39, 0.29) is 5.54 Å². The summed E-state index contributed by atoms with van der Waals surface area (Å²) in [5.41, 5.74) is 6.97. The minimum absolute atomic E-state index is 0.00689. The number of halogens is 1. The number of allylic oxidation sites excluding steroid dienone is 1. The van der Waals surface area contributed by atoms with Crippen molar-refractivity contribution >= 4 is 34.8 Å². The zero-order valence-electron chi connectivity index (χ0n) is 17.0. The minimum atomic E-state index is -0.00689. The summed E-state index contributed by atoms with van der Waals surface area (Å²) in [7, 11) is 0. The van der Waals surface area contributed by atoms with Crippen LogP contribution in [0.25, 0.3) is 5.57 Å². The molecule has 1 aliphatic heterocycles. The predicted octanol–water partition coefficient (Wildman–Crippen LogP) is 7.06. The van der Waals surface area contributed by atoms with Gasteiger partial charge in [-0.15, -0.1) is 0 Å². The molecule has 3 rings (SSSR count). The van der Waals surface area contributed by atoms with E-state index in [4.69, 9.17) is 11.6 Å². The molecule has 0 N–H and O–H groups in total. The fourth-order valence-corrected chi connectivity index (χ4v) is 4.01. The van der Waals surface area contributed by atoms with Gasteiger partial charge in [0.2, 0.25) is 0 Å². The van der Waals surface area contributed by atoms with E-state index in [0.29, 0.717) is 0 Å². The molecule has 0 unspecified atom stereocenters. The van der Waals surface area contributed by atoms with Crippen molar-refractivity contribution in [2.45, 2.75) is 53.0 Å². The van der Waals surface area contributed by atoms with Gasteiger partial charge in [0, 0.05) is 29.6 Å². The Bertz CT molecular complexity index is 876. The van der Waals surface area contributed by atoms with Gasteiger partial charge in [-0.3, -0.25) is 4.99 Å². The van der Waals surface area contributed by atoms with E-state index in [9.17, 15) is 0 Å². The Balaban J connectivity index is 1.97. The Kier molecular flexibility index (Phi) is 5.76. The topological polar surface area (TPSA) is 15.6 Å². The van der Waals surface area contributed by atoms with Crippen molar-refractivity contribution in [1.29, 1.82) is 0 Å². The van der Waals surface area contributed by atoms with Crippen LogP contribution in [0.2, 0.25) is 5.02 Å². The smallest absolute Gasteiger partial charge is 0.0630 e. The number of benzene rings is 2. The van der Waals surface area contributed by atoms with Gasteiger partial charge in [0.15, 0.2) is 0 Å². The molecule has 142 valence electrons. The van der Waals surface area contributed by atoms with Crippen LogP contribution >= 0.6 is 11.6 Å². The van der Waals surface area contributed by atoms with E-state index in [1.54, 1.807) is 0 Å². The van der Waals surface area contributed by atoms with E-state index < -0.39 is 0 Å². The number of aliphatic imine (C=N–C) groups is 1. The van der Waals surface area contributed by atoms with Gasteiger partial charge in [-0.25, -0.2) is 0 Å². The molecule has 0 saturated heterocycles. The Morgan fingerprint density at radius 1 is 1.11 bits per heavy atom. The highest BCUT2D eigenvalue weighted by Crippen LogP contribution is 2.41. The van der Waals surface area contributed by atoms with Crippen molar-refractivity contribution in [2.75, 3.05) is 11.4 Å². The number of anilines is 1. The largest absolute Gasteiger partial charge is 0.362 e. The van der Waals surface area contributed by atoms with E-state index in [0.717, 1.165) is 35.7 Å². The van der Waals surface area contributed by atoms with Gasteiger partial charge >= 0.3 is 0 Å². The molecule has 0 atom stereocenters. The van der Waals surface area contributed by atoms with Gasteiger partial charge in [0.25, 0.3) is 0 Å². The van der Waals surface area contributed by atoms with Gasteiger partial charge in [0.05, 0.1) is 16.2 Å². The summed E-state index contributed by atoms with van der Waals surface area (Å²) < 4.78 is 0. The zero-order chi connectivity index (χ0) is 19.6. The molecule has 0 aromatic heterocycles. The van der Waals surface area contributed by atoms with Crippen LogP contribution in [0.3, 0.4) is 0 Å². The number of hydrogen-bond donors (Lipinski definition) is 0. The molecule has 0 spiro atoms. The molecule has 2 nitrogen and oxygen atoms in total. The molecule has 0 aliphatic carbocycles. The van der Waals surface area contributed by atoms with E-state index in [2.05, 4.69) is 87.0 Å². The summed E-state index contributed by atoms with van der Waals surface area (Å²) in [6, 6.07) is 12.6. The number of aryl methyl sites for hydroxylation is 1. The molecule has 3 heteroatoms. The number of hydrogen-bond acceptors (Lipinski definition) is 2. The van der Waals surface area contributed by atoms with Crippen LogP contribution in [0.1, 0.15) is 57.7 Å². The molecule has 0 radical (unpaired) electrons. The van der Waals surface area contributed by atoms with Crippen LogP contribution in [-0.2, 0) is 6.42 Å². The number of rotatable bonds is 5. The molecular weight excluding hydrogens is 352 g/mol. The second-order valence-electron chi connectivity index (χ2n) is 7.80. The zero-order valence-corrected chi connectivity index (χ0v) is 17.8. The standard InChI is InChI=1S/C24H29ClN2/c1-6-12-27-23-14-22(25)19(13-21(23)17(3)15-24(27,4)5)16-26-20-10-8-18(7-2)9-11-20/h8-11,13-16H,6-7,12H2,1-5H3. The molecule has 2 aromatic rings. The van der Waals surface area contributed by atoms with E-state index in [1.165, 1.54) is 22.4 Å². The van der Waals surface area contributed by atoms with Crippen LogP contribution in [0.15, 0.2) is 47.5 Å². The predicted molar refractivity (Wildman–Crippen MR) is 120 cm³/mol. The van der Waals surface area contributed by atoms with Crippen LogP contribution in [0.4, 0.5) is 11.4 Å². The maximum Gasteiger partial charge on any atom is 0.0630 e. The lowest BCUT2D eigenvalue weighted by molar-refractivity contribution is 0.550. The van der Waals surface area contributed by atoms with Gasteiger partial charge in [-0.2, -0.15) is 0 Å². The first-order chi connectivity index (χ1) is 12.9. The van der Waals surface area contributed by atoms with Gasteiger partial charge in [-0.1, -0.05) is 43.7 Å². The van der Waals surface area contributed by atoms with Crippen molar-refractivity contribution in [2.24, 2.45) is 4.99 Å². The SMILES string of the molecule is CCCN1c2cc(Cl)c(C=Nc3ccc(CC)cc3)cc2C(C)=CC1(C)C. The quantitative estimate of drug-likeness (QED) is 0.506. The fourth-order valence-electron chi connectivity index (χ4n) is 3.81. The molecule has 0 fully saturated rings. The second kappa shape index (κ2) is 7.90.